The molecular weight excluding hydrogens is 462 g/mol. The molecule has 0 aromatic heterocycles. The number of sulfonamides is 1. The van der Waals surface area contributed by atoms with Gasteiger partial charge in [0.05, 0.1) is 25.3 Å². The lowest BCUT2D eigenvalue weighted by Crippen LogP contribution is -2.39. The molecule has 0 fully saturated rings. The van der Waals surface area contributed by atoms with E-state index in [1.807, 2.05) is 43.3 Å². The summed E-state index contributed by atoms with van der Waals surface area (Å²) in [5.74, 6) is -0.199. The van der Waals surface area contributed by atoms with E-state index < -0.39 is 15.9 Å². The number of nitriles is 1. The molecule has 0 unspecified atom stereocenters. The first-order valence-corrected chi connectivity index (χ1v) is 12.4. The monoisotopic (exact) mass is 485 g/mol. The van der Waals surface area contributed by atoms with Gasteiger partial charge in [-0.2, -0.15) is 5.26 Å². The van der Waals surface area contributed by atoms with Gasteiger partial charge in [0.2, 0.25) is 5.88 Å². The molecule has 0 bridgehead atoms. The van der Waals surface area contributed by atoms with Gasteiger partial charge in [-0.25, -0.2) is 8.42 Å². The molecule has 1 atom stereocenters. The van der Waals surface area contributed by atoms with E-state index in [2.05, 4.69) is 6.07 Å². The predicted octanol–water partition coefficient (Wildman–Crippen LogP) is 4.53. The molecular formula is C27H23N3O4S. The first-order valence-electron chi connectivity index (χ1n) is 11.0. The standard InChI is InChI=1S/C27H23N3O4S/c1-17-7-5-9-19(13-17)24-22(15-28)27(29)34-25-21-11-3-4-12-23(21)30(35(31,32)26(24)25)16-18-8-6-10-20(14-18)33-2/h3-14,24H,16,29H2,1-2H3/t24-/m0/s1. The lowest BCUT2D eigenvalue weighted by atomic mass is 9.87. The van der Waals surface area contributed by atoms with Crippen molar-refractivity contribution in [2.75, 3.05) is 11.4 Å². The van der Waals surface area contributed by atoms with Crippen LogP contribution in [0.25, 0.3) is 5.76 Å². The Hall–Kier alpha value is -4.22. The summed E-state index contributed by atoms with van der Waals surface area (Å²) in [5.41, 5.74) is 9.67. The molecule has 0 saturated carbocycles. The minimum absolute atomic E-state index is 0.00967. The van der Waals surface area contributed by atoms with Crippen LogP contribution in [0.3, 0.4) is 0 Å². The smallest absolute Gasteiger partial charge is 0.265 e. The highest BCUT2D eigenvalue weighted by molar-refractivity contribution is 7.96. The molecule has 35 heavy (non-hydrogen) atoms. The highest BCUT2D eigenvalue weighted by atomic mass is 32.2. The molecule has 0 aliphatic carbocycles. The maximum Gasteiger partial charge on any atom is 0.265 e. The van der Waals surface area contributed by atoms with E-state index in [1.165, 1.54) is 4.31 Å². The third kappa shape index (κ3) is 3.70. The van der Waals surface area contributed by atoms with Gasteiger partial charge in [-0.05, 0) is 42.3 Å². The molecule has 3 aromatic rings. The number of rotatable bonds is 4. The van der Waals surface area contributed by atoms with Crippen molar-refractivity contribution in [2.24, 2.45) is 5.73 Å². The first kappa shape index (κ1) is 22.6. The van der Waals surface area contributed by atoms with E-state index in [0.717, 1.165) is 11.1 Å². The van der Waals surface area contributed by atoms with Gasteiger partial charge in [0.1, 0.15) is 22.3 Å². The summed E-state index contributed by atoms with van der Waals surface area (Å²) < 4.78 is 41.1. The van der Waals surface area contributed by atoms with Crippen LogP contribution in [-0.4, -0.2) is 15.5 Å². The van der Waals surface area contributed by atoms with Crippen molar-refractivity contribution >= 4 is 21.5 Å². The molecule has 0 spiro atoms. The van der Waals surface area contributed by atoms with E-state index in [4.69, 9.17) is 15.2 Å². The maximum atomic E-state index is 14.3. The van der Waals surface area contributed by atoms with Gasteiger partial charge < -0.3 is 15.2 Å². The summed E-state index contributed by atoms with van der Waals surface area (Å²) in [5, 5.41) is 9.96. The van der Waals surface area contributed by atoms with Gasteiger partial charge in [0, 0.05) is 5.56 Å². The van der Waals surface area contributed by atoms with Crippen molar-refractivity contribution in [2.45, 2.75) is 19.4 Å². The number of hydrogen-bond acceptors (Lipinski definition) is 6. The Balaban J connectivity index is 1.75. The average molecular weight is 486 g/mol. The molecule has 2 aliphatic heterocycles. The van der Waals surface area contributed by atoms with Crippen LogP contribution in [-0.2, 0) is 21.3 Å². The molecule has 2 heterocycles. The Morgan fingerprint density at radius 2 is 1.86 bits per heavy atom. The third-order valence-corrected chi connectivity index (χ3v) is 8.08. The molecule has 8 heteroatoms. The topological polar surface area (TPSA) is 106 Å². The molecule has 7 nitrogen and oxygen atoms in total. The number of hydrogen-bond donors (Lipinski definition) is 1. The molecule has 5 rings (SSSR count). The summed E-state index contributed by atoms with van der Waals surface area (Å²) in [6.45, 7) is 1.99. The number of anilines is 1. The zero-order chi connectivity index (χ0) is 24.7. The van der Waals surface area contributed by atoms with Crippen molar-refractivity contribution < 1.29 is 17.9 Å². The fraction of sp³-hybridized carbons (Fsp3) is 0.148. The third-order valence-electron chi connectivity index (χ3n) is 6.19. The van der Waals surface area contributed by atoms with Crippen LogP contribution in [0.2, 0.25) is 0 Å². The van der Waals surface area contributed by atoms with E-state index >= 15 is 0 Å². The molecule has 0 radical (unpaired) electrons. The van der Waals surface area contributed by atoms with Gasteiger partial charge >= 0.3 is 0 Å². The average Bonchev–Trinajstić information content (AvgIpc) is 2.86. The summed E-state index contributed by atoms with van der Waals surface area (Å²) in [6, 6.07) is 23.9. The highest BCUT2D eigenvalue weighted by Gasteiger charge is 2.47. The molecule has 0 amide bonds. The molecule has 176 valence electrons. The van der Waals surface area contributed by atoms with Crippen LogP contribution >= 0.6 is 0 Å². The number of benzene rings is 3. The van der Waals surface area contributed by atoms with E-state index in [-0.39, 0.29) is 28.7 Å². The number of methoxy groups -OCH3 is 1. The Kier molecular flexibility index (Phi) is 5.50. The summed E-state index contributed by atoms with van der Waals surface area (Å²) >= 11 is 0. The predicted molar refractivity (Wildman–Crippen MR) is 133 cm³/mol. The van der Waals surface area contributed by atoms with Crippen molar-refractivity contribution in [1.29, 1.82) is 5.26 Å². The number of nitrogens with zero attached hydrogens (tertiary/aromatic N) is 2. The molecule has 2 N–H and O–H groups in total. The van der Waals surface area contributed by atoms with E-state index in [1.54, 1.807) is 43.5 Å². The lowest BCUT2D eigenvalue weighted by Gasteiger charge is -2.38. The van der Waals surface area contributed by atoms with E-state index in [0.29, 0.717) is 22.6 Å². The summed E-state index contributed by atoms with van der Waals surface area (Å²) in [7, 11) is -2.56. The SMILES string of the molecule is COc1cccc(CN2c3ccccc3C3=C([C@@H](c4cccc(C)c4)C(C#N)=C(N)O3)S2(=O)=O)c1. The minimum atomic E-state index is -4.13. The van der Waals surface area contributed by atoms with Crippen molar-refractivity contribution in [3.05, 3.63) is 111 Å². The van der Waals surface area contributed by atoms with E-state index in [9.17, 15) is 13.7 Å². The number of fused-ring (bicyclic) bond motifs is 2. The van der Waals surface area contributed by atoms with Crippen molar-refractivity contribution in [3.8, 4) is 11.8 Å². The van der Waals surface area contributed by atoms with Crippen LogP contribution in [0.5, 0.6) is 5.75 Å². The van der Waals surface area contributed by atoms with Gasteiger partial charge in [-0.1, -0.05) is 54.1 Å². The lowest BCUT2D eigenvalue weighted by molar-refractivity contribution is 0.357. The van der Waals surface area contributed by atoms with Gasteiger partial charge in [-0.3, -0.25) is 4.31 Å². The van der Waals surface area contributed by atoms with Crippen LogP contribution < -0.4 is 14.8 Å². The number of para-hydroxylation sites is 1. The van der Waals surface area contributed by atoms with Crippen LogP contribution in [0.4, 0.5) is 5.69 Å². The second-order valence-corrected chi connectivity index (χ2v) is 10.2. The van der Waals surface area contributed by atoms with Crippen LogP contribution in [0.15, 0.2) is 89.2 Å². The zero-order valence-electron chi connectivity index (χ0n) is 19.2. The second kappa shape index (κ2) is 8.53. The minimum Gasteiger partial charge on any atom is -0.497 e. The highest BCUT2D eigenvalue weighted by Crippen LogP contribution is 2.51. The normalized spacial score (nSPS) is 18.3. The second-order valence-electron chi connectivity index (χ2n) is 8.41. The fourth-order valence-electron chi connectivity index (χ4n) is 4.60. The summed E-state index contributed by atoms with van der Waals surface area (Å²) in [6.07, 6.45) is 0. The van der Waals surface area contributed by atoms with Crippen molar-refractivity contribution in [1.82, 2.24) is 0 Å². The Labute approximate surface area is 204 Å². The van der Waals surface area contributed by atoms with Gasteiger partial charge in [0.25, 0.3) is 10.0 Å². The number of nitrogens with two attached hydrogens (primary N) is 1. The molecule has 3 aromatic carbocycles. The number of allylic oxidation sites excluding steroid dienone is 2. The fourth-order valence-corrected chi connectivity index (χ4v) is 6.51. The first-order chi connectivity index (χ1) is 16.8. The maximum absolute atomic E-state index is 14.3. The Morgan fingerprint density at radius 1 is 1.09 bits per heavy atom. The summed E-state index contributed by atoms with van der Waals surface area (Å²) in [4.78, 5) is 0.00967. The van der Waals surface area contributed by atoms with Crippen LogP contribution in [0, 0.1) is 18.3 Å². The van der Waals surface area contributed by atoms with Crippen molar-refractivity contribution in [3.63, 3.8) is 0 Å². The largest absolute Gasteiger partial charge is 0.497 e. The van der Waals surface area contributed by atoms with Crippen LogP contribution in [0.1, 0.15) is 28.2 Å². The Morgan fingerprint density at radius 3 is 2.60 bits per heavy atom. The Bertz CT molecular complexity index is 1550. The van der Waals surface area contributed by atoms with Gasteiger partial charge in [0.15, 0.2) is 5.76 Å². The molecule has 0 saturated heterocycles. The quantitative estimate of drug-likeness (QED) is 0.582. The zero-order valence-corrected chi connectivity index (χ0v) is 20.0. The number of aryl methyl sites for hydroxylation is 1. The van der Waals surface area contributed by atoms with Gasteiger partial charge in [-0.15, -0.1) is 0 Å². The molecule has 2 aliphatic rings. The number of ether oxygens (including phenoxy) is 2.